The van der Waals surface area contributed by atoms with Crippen LogP contribution >= 0.6 is 0 Å². The summed E-state index contributed by atoms with van der Waals surface area (Å²) < 4.78 is 44.5. The SMILES string of the molecule is CC(F)C(=O)N1CCC(c2ncc[n+](CC(F)C(=O)N3CCC(c4nccnc4Oc4ccc(C(=O)c5nc6ccccc6[nH]5)cc4)CC3)c2Oc2ccc(C(=O)c3nc4ccccc4[nH]3)cc2)CC1. The van der Waals surface area contributed by atoms with Gasteiger partial charge in [-0.2, -0.15) is 4.57 Å². The van der Waals surface area contributed by atoms with E-state index in [-0.39, 0.29) is 60.6 Å². The number of carbonyl (C=O) groups is 4. The van der Waals surface area contributed by atoms with Crippen LogP contribution in [0.1, 0.15) is 88.2 Å². The number of ketones is 2. The number of nitrogens with one attached hydrogen (secondary N) is 2. The molecule has 0 saturated carbocycles. The van der Waals surface area contributed by atoms with Crippen LogP contribution in [0.5, 0.6) is 23.3 Å². The number of carbonyl (C=O) groups excluding carboxylic acids is 4. The number of H-pyrrole nitrogens is 2. The van der Waals surface area contributed by atoms with Gasteiger partial charge in [0.2, 0.25) is 23.6 Å². The zero-order chi connectivity index (χ0) is 48.3. The largest absolute Gasteiger partial charge is 0.437 e. The van der Waals surface area contributed by atoms with Crippen molar-refractivity contribution in [1.82, 2.24) is 44.7 Å². The standard InChI is InChI=1S/C52H46F2N10O6/c1-31(53)50(67)62-25-20-33(21-26-62)44-52(70-37-16-12-35(13-17-37)46(66)48-60-41-8-4-5-9-42(41)61-48)64(29-24-56-44)30-38(54)51(68)63-27-18-32(19-28-63)43-49(57-23-22-55-43)69-36-14-10-34(11-15-36)45(65)47-58-39-6-2-3-7-40(39)59-47/h2-17,22-24,29,31-33,38H,18-21,25-28,30H2,1H3,(H-,58,59,60,61,65,66)/p+1. The minimum absolute atomic E-state index is 0.132. The molecular weight excluding hydrogens is 899 g/mol. The maximum absolute atomic E-state index is 16.4. The van der Waals surface area contributed by atoms with Gasteiger partial charge in [0, 0.05) is 61.5 Å². The first-order valence-corrected chi connectivity index (χ1v) is 23.2. The van der Waals surface area contributed by atoms with Gasteiger partial charge in [0.1, 0.15) is 17.2 Å². The molecule has 354 valence electrons. The van der Waals surface area contributed by atoms with Gasteiger partial charge in [0.25, 0.3) is 11.8 Å². The Bertz CT molecular complexity index is 3150. The van der Waals surface area contributed by atoms with Crippen LogP contribution in [0, 0.1) is 0 Å². The fourth-order valence-corrected chi connectivity index (χ4v) is 9.11. The van der Waals surface area contributed by atoms with E-state index in [4.69, 9.17) is 9.47 Å². The molecule has 8 aromatic rings. The van der Waals surface area contributed by atoms with Gasteiger partial charge in [-0.15, -0.1) is 0 Å². The lowest BCUT2D eigenvalue weighted by Gasteiger charge is -2.32. The van der Waals surface area contributed by atoms with E-state index in [1.54, 1.807) is 60.9 Å². The molecule has 2 saturated heterocycles. The Morgan fingerprint density at radius 3 is 1.66 bits per heavy atom. The van der Waals surface area contributed by atoms with Crippen LogP contribution in [-0.4, -0.2) is 107 Å². The monoisotopic (exact) mass is 945 g/mol. The lowest BCUT2D eigenvalue weighted by Crippen LogP contribution is -2.49. The van der Waals surface area contributed by atoms with E-state index in [2.05, 4.69) is 34.9 Å². The van der Waals surface area contributed by atoms with Gasteiger partial charge >= 0.3 is 5.88 Å². The highest BCUT2D eigenvalue weighted by Gasteiger charge is 2.37. The number of nitrogens with zero attached hydrogens (tertiary/aromatic N) is 8. The third-order valence-corrected chi connectivity index (χ3v) is 12.9. The molecule has 10 rings (SSSR count). The zero-order valence-electron chi connectivity index (χ0n) is 38.0. The first-order valence-electron chi connectivity index (χ1n) is 23.2. The Hall–Kier alpha value is -8.28. The highest BCUT2D eigenvalue weighted by atomic mass is 19.1. The van der Waals surface area contributed by atoms with Crippen molar-refractivity contribution in [2.24, 2.45) is 0 Å². The molecule has 2 atom stereocenters. The van der Waals surface area contributed by atoms with Crippen molar-refractivity contribution in [2.75, 3.05) is 26.2 Å². The molecule has 4 aromatic heterocycles. The molecule has 2 amide bonds. The summed E-state index contributed by atoms with van der Waals surface area (Å²) in [4.78, 5) is 84.6. The second kappa shape index (κ2) is 19.7. The third-order valence-electron chi connectivity index (χ3n) is 12.9. The Kier molecular flexibility index (Phi) is 12.8. The van der Waals surface area contributed by atoms with E-state index in [0.717, 1.165) is 11.0 Å². The van der Waals surface area contributed by atoms with E-state index >= 15 is 4.39 Å². The summed E-state index contributed by atoms with van der Waals surface area (Å²) in [6, 6.07) is 27.9. The van der Waals surface area contributed by atoms with Crippen molar-refractivity contribution in [3.8, 4) is 23.3 Å². The van der Waals surface area contributed by atoms with Gasteiger partial charge in [-0.1, -0.05) is 24.3 Å². The van der Waals surface area contributed by atoms with Crippen LogP contribution in [0.3, 0.4) is 0 Å². The number of ether oxygens (including phenoxy) is 2. The first-order chi connectivity index (χ1) is 34.1. The van der Waals surface area contributed by atoms with E-state index in [1.807, 2.05) is 48.5 Å². The Labute approximate surface area is 399 Å². The van der Waals surface area contributed by atoms with Crippen molar-refractivity contribution in [3.05, 3.63) is 156 Å². The summed E-state index contributed by atoms with van der Waals surface area (Å²) in [7, 11) is 0. The number of hydrogen-bond donors (Lipinski definition) is 2. The van der Waals surface area contributed by atoms with Crippen molar-refractivity contribution < 1.29 is 42.0 Å². The predicted octanol–water partition coefficient (Wildman–Crippen LogP) is 7.77. The number of rotatable bonds is 14. The van der Waals surface area contributed by atoms with Crippen LogP contribution in [0.4, 0.5) is 8.78 Å². The van der Waals surface area contributed by atoms with Gasteiger partial charge in [0.15, 0.2) is 36.3 Å². The van der Waals surface area contributed by atoms with Crippen molar-refractivity contribution in [3.63, 3.8) is 0 Å². The Morgan fingerprint density at radius 1 is 0.629 bits per heavy atom. The highest BCUT2D eigenvalue weighted by molar-refractivity contribution is 6.08. The molecule has 16 nitrogen and oxygen atoms in total. The Balaban J connectivity index is 0.808. The fourth-order valence-electron chi connectivity index (χ4n) is 9.11. The van der Waals surface area contributed by atoms with E-state index in [1.165, 1.54) is 33.7 Å². The first kappa shape index (κ1) is 45.5. The quantitative estimate of drug-likeness (QED) is 0.0800. The number of aromatic amines is 2. The molecule has 0 spiro atoms. The number of likely N-dealkylation sites (tertiary alicyclic amines) is 2. The van der Waals surface area contributed by atoms with Crippen molar-refractivity contribution in [2.45, 2.75) is 63.3 Å². The molecule has 2 aliphatic heterocycles. The highest BCUT2D eigenvalue weighted by Crippen LogP contribution is 2.36. The molecule has 2 aliphatic rings. The van der Waals surface area contributed by atoms with Gasteiger partial charge in [0.05, 0.1) is 28.3 Å². The average molecular weight is 946 g/mol. The number of piperidine rings is 2. The molecule has 4 aromatic carbocycles. The number of para-hydroxylation sites is 4. The number of halogens is 2. The van der Waals surface area contributed by atoms with Crippen molar-refractivity contribution in [1.29, 1.82) is 0 Å². The number of alkyl halides is 2. The molecule has 70 heavy (non-hydrogen) atoms. The second-order valence-corrected chi connectivity index (χ2v) is 17.4. The van der Waals surface area contributed by atoms with Gasteiger partial charge in [-0.3, -0.25) is 24.2 Å². The van der Waals surface area contributed by atoms with E-state index in [0.29, 0.717) is 89.7 Å². The number of imidazole rings is 2. The molecule has 18 heteroatoms. The average Bonchev–Trinajstić information content (AvgIpc) is 4.04. The summed E-state index contributed by atoms with van der Waals surface area (Å²) in [6.45, 7) is 1.97. The van der Waals surface area contributed by atoms with Crippen molar-refractivity contribution >= 4 is 45.4 Å². The zero-order valence-corrected chi connectivity index (χ0v) is 38.0. The lowest BCUT2D eigenvalue weighted by molar-refractivity contribution is -0.704. The molecule has 0 aliphatic carbocycles. The third kappa shape index (κ3) is 9.57. The maximum atomic E-state index is 16.4. The summed E-state index contributed by atoms with van der Waals surface area (Å²) in [5.74, 6) is -0.451. The number of amides is 2. The van der Waals surface area contributed by atoms with Crippen LogP contribution in [-0.2, 0) is 16.1 Å². The number of hydrogen-bond acceptors (Lipinski definition) is 11. The number of benzene rings is 4. The number of aromatic nitrogens is 8. The predicted molar refractivity (Wildman–Crippen MR) is 251 cm³/mol. The van der Waals surface area contributed by atoms with Crippen LogP contribution in [0.2, 0.25) is 0 Å². The normalized spacial score (nSPS) is 15.5. The van der Waals surface area contributed by atoms with Crippen LogP contribution in [0.25, 0.3) is 22.1 Å². The summed E-state index contributed by atoms with van der Waals surface area (Å²) in [5, 5.41) is 0. The van der Waals surface area contributed by atoms with E-state index in [9.17, 15) is 23.6 Å². The van der Waals surface area contributed by atoms with E-state index < -0.39 is 24.2 Å². The van der Waals surface area contributed by atoms with Gasteiger partial charge < -0.3 is 29.2 Å². The molecular formula is C52H47F2N10O6+. The van der Waals surface area contributed by atoms with Crippen LogP contribution in [0.15, 0.2) is 122 Å². The minimum Gasteiger partial charge on any atom is -0.437 e. The molecule has 2 unspecified atom stereocenters. The molecule has 2 fully saturated rings. The molecule has 2 N–H and O–H groups in total. The topological polar surface area (TPSA) is 193 Å². The summed E-state index contributed by atoms with van der Waals surface area (Å²) >= 11 is 0. The molecule has 0 radical (unpaired) electrons. The summed E-state index contributed by atoms with van der Waals surface area (Å²) in [5.41, 5.74) is 4.78. The smallest absolute Gasteiger partial charge is 0.395 e. The summed E-state index contributed by atoms with van der Waals surface area (Å²) in [6.07, 6.45) is 4.49. The number of fused-ring (bicyclic) bond motifs is 2. The fraction of sp³-hybridized carbons (Fsp3) is 0.269. The van der Waals surface area contributed by atoms with Crippen LogP contribution < -0.4 is 14.0 Å². The maximum Gasteiger partial charge on any atom is 0.395 e. The second-order valence-electron chi connectivity index (χ2n) is 17.4. The molecule has 6 heterocycles. The van der Waals surface area contributed by atoms with Gasteiger partial charge in [-0.05, 0) is 105 Å². The molecule has 0 bridgehead atoms. The Morgan fingerprint density at radius 2 is 1.11 bits per heavy atom. The minimum atomic E-state index is -1.95. The van der Waals surface area contributed by atoms with Gasteiger partial charge in [-0.25, -0.2) is 28.7 Å². The lowest BCUT2D eigenvalue weighted by atomic mass is 9.93.